The summed E-state index contributed by atoms with van der Waals surface area (Å²) in [5.74, 6) is -0.281. The second kappa shape index (κ2) is 5.01. The number of ether oxygens (including phenoxy) is 1. The Morgan fingerprint density at radius 1 is 1.60 bits per heavy atom. The Morgan fingerprint density at radius 3 is 2.93 bits per heavy atom. The van der Waals surface area contributed by atoms with Crippen molar-refractivity contribution in [3.8, 4) is 6.07 Å². The van der Waals surface area contributed by atoms with Crippen LogP contribution in [0.2, 0.25) is 0 Å². The molecule has 0 aliphatic heterocycles. The molecule has 0 spiro atoms. The van der Waals surface area contributed by atoms with E-state index in [-0.39, 0.29) is 12.4 Å². The number of anilines is 1. The fourth-order valence-electron chi connectivity index (χ4n) is 1.23. The minimum absolute atomic E-state index is 0.273. The summed E-state index contributed by atoms with van der Waals surface area (Å²) >= 11 is 0. The molecule has 0 saturated heterocycles. The molecule has 4 heteroatoms. The third-order valence-corrected chi connectivity index (χ3v) is 2.10. The first-order valence-electron chi connectivity index (χ1n) is 4.52. The predicted molar refractivity (Wildman–Crippen MR) is 55.9 cm³/mol. The van der Waals surface area contributed by atoms with Gasteiger partial charge in [0.05, 0.1) is 18.7 Å². The number of rotatable bonds is 3. The van der Waals surface area contributed by atoms with Crippen LogP contribution in [0.4, 0.5) is 5.69 Å². The zero-order valence-corrected chi connectivity index (χ0v) is 8.49. The van der Waals surface area contributed by atoms with Crippen molar-refractivity contribution in [2.45, 2.75) is 12.8 Å². The molecule has 0 heterocycles. The van der Waals surface area contributed by atoms with E-state index in [2.05, 4.69) is 4.74 Å². The second-order valence-electron chi connectivity index (χ2n) is 3.10. The van der Waals surface area contributed by atoms with Crippen LogP contribution in [0.5, 0.6) is 0 Å². The van der Waals surface area contributed by atoms with E-state index < -0.39 is 0 Å². The number of benzene rings is 1. The smallest absolute Gasteiger partial charge is 0.305 e. The maximum absolute atomic E-state index is 10.9. The maximum Gasteiger partial charge on any atom is 0.305 e. The first-order chi connectivity index (χ1) is 7.17. The van der Waals surface area contributed by atoms with Gasteiger partial charge in [0.25, 0.3) is 0 Å². The summed E-state index contributed by atoms with van der Waals surface area (Å²) in [6.07, 6.45) is 0.767. The molecule has 0 radical (unpaired) electrons. The Bertz CT molecular complexity index is 408. The third-order valence-electron chi connectivity index (χ3n) is 2.10. The van der Waals surface area contributed by atoms with Gasteiger partial charge in [-0.2, -0.15) is 5.26 Å². The van der Waals surface area contributed by atoms with Crippen molar-refractivity contribution >= 4 is 11.7 Å². The molecule has 15 heavy (non-hydrogen) atoms. The molecule has 0 aliphatic carbocycles. The lowest BCUT2D eigenvalue weighted by atomic mass is 10.0. The number of carbonyl (C=O) groups excluding carboxylic acids is 1. The quantitative estimate of drug-likeness (QED) is 0.593. The van der Waals surface area contributed by atoms with Gasteiger partial charge in [-0.3, -0.25) is 4.79 Å². The molecule has 0 fully saturated rings. The lowest BCUT2D eigenvalue weighted by Crippen LogP contribution is -2.03. The topological polar surface area (TPSA) is 76.1 Å². The highest BCUT2D eigenvalue weighted by Gasteiger charge is 2.05. The SMILES string of the molecule is COC(=O)CCc1cc(C#N)ccc1N. The van der Waals surface area contributed by atoms with E-state index in [1.165, 1.54) is 7.11 Å². The van der Waals surface area contributed by atoms with Crippen molar-refractivity contribution in [2.75, 3.05) is 12.8 Å². The molecule has 0 bridgehead atoms. The number of hydrogen-bond acceptors (Lipinski definition) is 4. The summed E-state index contributed by atoms with van der Waals surface area (Å²) in [5, 5.41) is 8.69. The first kappa shape index (κ1) is 11.1. The first-order valence-corrected chi connectivity index (χ1v) is 4.52. The number of hydrogen-bond donors (Lipinski definition) is 1. The van der Waals surface area contributed by atoms with Crippen LogP contribution < -0.4 is 5.73 Å². The summed E-state index contributed by atoms with van der Waals surface area (Å²) < 4.78 is 4.52. The van der Waals surface area contributed by atoms with E-state index in [4.69, 9.17) is 11.0 Å². The van der Waals surface area contributed by atoms with Crippen LogP contribution in [0, 0.1) is 11.3 Å². The van der Waals surface area contributed by atoms with E-state index in [1.54, 1.807) is 18.2 Å². The number of esters is 1. The normalized spacial score (nSPS) is 9.33. The van der Waals surface area contributed by atoms with Crippen LogP contribution in [0.25, 0.3) is 0 Å². The molecule has 0 unspecified atom stereocenters. The number of carbonyl (C=O) groups is 1. The van der Waals surface area contributed by atoms with Gasteiger partial charge in [-0.1, -0.05) is 0 Å². The maximum atomic E-state index is 10.9. The second-order valence-corrected chi connectivity index (χ2v) is 3.10. The van der Waals surface area contributed by atoms with Crippen LogP contribution >= 0.6 is 0 Å². The van der Waals surface area contributed by atoms with Crippen LogP contribution in [0.3, 0.4) is 0 Å². The van der Waals surface area contributed by atoms with Gasteiger partial charge in [0.15, 0.2) is 0 Å². The number of nitrogens with zero attached hydrogens (tertiary/aromatic N) is 1. The van der Waals surface area contributed by atoms with Crippen LogP contribution in [-0.2, 0) is 16.0 Å². The number of methoxy groups -OCH3 is 1. The highest BCUT2D eigenvalue weighted by Crippen LogP contribution is 2.15. The van der Waals surface area contributed by atoms with Gasteiger partial charge in [0.2, 0.25) is 0 Å². The Morgan fingerprint density at radius 2 is 2.33 bits per heavy atom. The zero-order valence-electron chi connectivity index (χ0n) is 8.49. The standard InChI is InChI=1S/C11H12N2O2/c1-15-11(14)5-3-9-6-8(7-12)2-4-10(9)13/h2,4,6H,3,5,13H2,1H3. The van der Waals surface area contributed by atoms with Crippen LogP contribution in [0.15, 0.2) is 18.2 Å². The molecule has 1 aromatic rings. The molecular weight excluding hydrogens is 192 g/mol. The van der Waals surface area contributed by atoms with Gasteiger partial charge in [-0.25, -0.2) is 0 Å². The molecule has 0 aromatic heterocycles. The minimum Gasteiger partial charge on any atom is -0.469 e. The summed E-state index contributed by atoms with van der Waals surface area (Å²) in [6.45, 7) is 0. The molecule has 0 amide bonds. The number of nitriles is 1. The fourth-order valence-corrected chi connectivity index (χ4v) is 1.23. The lowest BCUT2D eigenvalue weighted by molar-refractivity contribution is -0.140. The monoisotopic (exact) mass is 204 g/mol. The average Bonchev–Trinajstić information content (AvgIpc) is 2.27. The van der Waals surface area contributed by atoms with Gasteiger partial charge in [0.1, 0.15) is 0 Å². The van der Waals surface area contributed by atoms with Crippen molar-refractivity contribution in [3.05, 3.63) is 29.3 Å². The molecule has 4 nitrogen and oxygen atoms in total. The van der Waals surface area contributed by atoms with Crippen molar-refractivity contribution in [3.63, 3.8) is 0 Å². The average molecular weight is 204 g/mol. The van der Waals surface area contributed by atoms with E-state index in [0.29, 0.717) is 17.7 Å². The Hall–Kier alpha value is -2.02. The van der Waals surface area contributed by atoms with E-state index in [9.17, 15) is 4.79 Å². The summed E-state index contributed by atoms with van der Waals surface area (Å²) in [5.41, 5.74) is 7.66. The van der Waals surface area contributed by atoms with E-state index in [1.807, 2.05) is 6.07 Å². The van der Waals surface area contributed by atoms with Gasteiger partial charge < -0.3 is 10.5 Å². The third kappa shape index (κ3) is 2.99. The summed E-state index contributed by atoms with van der Waals surface area (Å²) in [4.78, 5) is 10.9. The largest absolute Gasteiger partial charge is 0.469 e. The summed E-state index contributed by atoms with van der Waals surface area (Å²) in [6, 6.07) is 7.04. The van der Waals surface area contributed by atoms with Crippen LogP contribution in [0.1, 0.15) is 17.5 Å². The molecule has 0 atom stereocenters. The predicted octanol–water partition coefficient (Wildman–Crippen LogP) is 1.25. The zero-order chi connectivity index (χ0) is 11.3. The van der Waals surface area contributed by atoms with Gasteiger partial charge in [0, 0.05) is 12.1 Å². The van der Waals surface area contributed by atoms with Crippen molar-refractivity contribution in [1.29, 1.82) is 5.26 Å². The molecule has 1 rings (SSSR count). The number of nitrogen functional groups attached to an aromatic ring is 1. The van der Waals surface area contributed by atoms with Gasteiger partial charge >= 0.3 is 5.97 Å². The van der Waals surface area contributed by atoms with Crippen molar-refractivity contribution in [1.82, 2.24) is 0 Å². The van der Waals surface area contributed by atoms with E-state index >= 15 is 0 Å². The number of nitrogens with two attached hydrogens (primary N) is 1. The minimum atomic E-state index is -0.281. The van der Waals surface area contributed by atoms with E-state index in [0.717, 1.165) is 5.56 Å². The highest BCUT2D eigenvalue weighted by atomic mass is 16.5. The van der Waals surface area contributed by atoms with Gasteiger partial charge in [-0.15, -0.1) is 0 Å². The highest BCUT2D eigenvalue weighted by molar-refractivity contribution is 5.70. The Labute approximate surface area is 88.3 Å². The van der Waals surface area contributed by atoms with Crippen molar-refractivity contribution < 1.29 is 9.53 Å². The molecule has 78 valence electrons. The Balaban J connectivity index is 2.76. The molecule has 0 aliphatic rings. The molecule has 1 aromatic carbocycles. The molecular formula is C11H12N2O2. The number of aryl methyl sites for hydroxylation is 1. The summed E-state index contributed by atoms with van der Waals surface area (Å²) in [7, 11) is 1.34. The molecule has 2 N–H and O–H groups in total. The van der Waals surface area contributed by atoms with Gasteiger partial charge in [-0.05, 0) is 30.2 Å². The van der Waals surface area contributed by atoms with Crippen molar-refractivity contribution in [2.24, 2.45) is 0 Å². The fraction of sp³-hybridized carbons (Fsp3) is 0.273. The lowest BCUT2D eigenvalue weighted by Gasteiger charge is -2.04. The van der Waals surface area contributed by atoms with Crippen LogP contribution in [-0.4, -0.2) is 13.1 Å². The molecule has 0 saturated carbocycles. The Kier molecular flexibility index (Phi) is 3.69.